The van der Waals surface area contributed by atoms with E-state index in [4.69, 9.17) is 9.47 Å². The van der Waals surface area contributed by atoms with E-state index < -0.39 is 0 Å². The molecule has 3 heterocycles. The summed E-state index contributed by atoms with van der Waals surface area (Å²) in [5, 5.41) is 6.82. The molecule has 1 aliphatic rings. The zero-order chi connectivity index (χ0) is 17.3. The van der Waals surface area contributed by atoms with Crippen LogP contribution in [-0.4, -0.2) is 11.8 Å². The number of fused-ring (bicyclic) bond motifs is 2. The second-order valence-electron chi connectivity index (χ2n) is 6.09. The molecule has 4 aromatic rings. The third-order valence-electron chi connectivity index (χ3n) is 4.47. The largest absolute Gasteiger partial charge is 0.454 e. The highest BCUT2D eigenvalue weighted by atomic mass is 32.1. The van der Waals surface area contributed by atoms with E-state index in [1.165, 1.54) is 10.3 Å². The summed E-state index contributed by atoms with van der Waals surface area (Å²) in [6.07, 6.45) is 1.86. The van der Waals surface area contributed by atoms with E-state index >= 15 is 0 Å². The van der Waals surface area contributed by atoms with Crippen LogP contribution in [0.25, 0.3) is 21.2 Å². The maximum absolute atomic E-state index is 5.53. The standard InChI is InChI=1S/C21H16N2O2S/c1-2-4-14(5-3-1)11-23-21-20-16(12-26-19(20)8-9-22-21)15-6-7-17-18(10-15)25-13-24-17/h1-10,12H,11,13H2,(H,22,23). The summed E-state index contributed by atoms with van der Waals surface area (Å²) in [7, 11) is 0. The molecule has 0 spiro atoms. The molecule has 2 aromatic heterocycles. The lowest BCUT2D eigenvalue weighted by atomic mass is 10.0. The normalized spacial score (nSPS) is 12.5. The monoisotopic (exact) mass is 360 g/mol. The van der Waals surface area contributed by atoms with Crippen LogP contribution in [-0.2, 0) is 6.54 Å². The van der Waals surface area contributed by atoms with Gasteiger partial charge >= 0.3 is 0 Å². The van der Waals surface area contributed by atoms with Crippen molar-refractivity contribution in [1.29, 1.82) is 0 Å². The van der Waals surface area contributed by atoms with Gasteiger partial charge in [-0.05, 0) is 34.7 Å². The second-order valence-corrected chi connectivity index (χ2v) is 7.00. The Hall–Kier alpha value is -3.05. The fourth-order valence-corrected chi connectivity index (χ4v) is 4.14. The highest BCUT2D eigenvalue weighted by Gasteiger charge is 2.17. The number of pyridine rings is 1. The van der Waals surface area contributed by atoms with E-state index in [-0.39, 0.29) is 6.79 Å². The molecule has 0 fully saturated rings. The first-order chi connectivity index (χ1) is 12.9. The third-order valence-corrected chi connectivity index (χ3v) is 5.42. The number of rotatable bonds is 4. The predicted molar refractivity (Wildman–Crippen MR) is 105 cm³/mol. The molecule has 0 radical (unpaired) electrons. The van der Waals surface area contributed by atoms with E-state index in [1.807, 2.05) is 36.5 Å². The number of nitrogens with one attached hydrogen (secondary N) is 1. The van der Waals surface area contributed by atoms with E-state index in [0.29, 0.717) is 0 Å². The molecule has 0 atom stereocenters. The van der Waals surface area contributed by atoms with Gasteiger partial charge in [-0.3, -0.25) is 0 Å². The van der Waals surface area contributed by atoms with Crippen LogP contribution in [0.5, 0.6) is 11.5 Å². The van der Waals surface area contributed by atoms with Crippen molar-refractivity contribution in [2.75, 3.05) is 12.1 Å². The van der Waals surface area contributed by atoms with Crippen molar-refractivity contribution in [2.45, 2.75) is 6.54 Å². The molecule has 5 rings (SSSR count). The number of hydrogen-bond acceptors (Lipinski definition) is 5. The minimum Gasteiger partial charge on any atom is -0.454 e. The number of ether oxygens (including phenoxy) is 2. The van der Waals surface area contributed by atoms with Crippen molar-refractivity contribution in [3.63, 3.8) is 0 Å². The van der Waals surface area contributed by atoms with Crippen LogP contribution < -0.4 is 14.8 Å². The van der Waals surface area contributed by atoms with E-state index in [9.17, 15) is 0 Å². The number of thiophene rings is 1. The average Bonchev–Trinajstić information content (AvgIpc) is 3.33. The van der Waals surface area contributed by atoms with Crippen LogP contribution >= 0.6 is 11.3 Å². The molecule has 0 aliphatic carbocycles. The Labute approximate surface area is 155 Å². The summed E-state index contributed by atoms with van der Waals surface area (Å²) < 4.78 is 12.2. The Balaban J connectivity index is 1.54. The predicted octanol–water partition coefficient (Wildman–Crippen LogP) is 5.30. The molecule has 0 bridgehead atoms. The molecule has 1 N–H and O–H groups in total. The lowest BCUT2D eigenvalue weighted by molar-refractivity contribution is 0.174. The Bertz CT molecular complexity index is 1080. The van der Waals surface area contributed by atoms with Gasteiger partial charge in [-0.25, -0.2) is 4.98 Å². The lowest BCUT2D eigenvalue weighted by Gasteiger charge is -2.09. The highest BCUT2D eigenvalue weighted by Crippen LogP contribution is 2.41. The molecule has 128 valence electrons. The minimum absolute atomic E-state index is 0.286. The van der Waals surface area contributed by atoms with E-state index in [2.05, 4.69) is 39.9 Å². The van der Waals surface area contributed by atoms with Crippen LogP contribution in [0.4, 0.5) is 5.82 Å². The van der Waals surface area contributed by atoms with Gasteiger partial charge in [0, 0.05) is 28.4 Å². The van der Waals surface area contributed by atoms with Crippen LogP contribution in [0.3, 0.4) is 0 Å². The zero-order valence-corrected chi connectivity index (χ0v) is 14.8. The quantitative estimate of drug-likeness (QED) is 0.536. The fraction of sp³-hybridized carbons (Fsp3) is 0.0952. The van der Waals surface area contributed by atoms with Crippen molar-refractivity contribution in [3.05, 3.63) is 71.7 Å². The Morgan fingerprint density at radius 1 is 1.00 bits per heavy atom. The molecular formula is C21H16N2O2S. The van der Waals surface area contributed by atoms with Gasteiger partial charge in [0.15, 0.2) is 11.5 Å². The third kappa shape index (κ3) is 2.66. The lowest BCUT2D eigenvalue weighted by Crippen LogP contribution is -2.01. The van der Waals surface area contributed by atoms with Crippen molar-refractivity contribution in [1.82, 2.24) is 4.98 Å². The van der Waals surface area contributed by atoms with Gasteiger partial charge in [0.1, 0.15) is 5.82 Å². The summed E-state index contributed by atoms with van der Waals surface area (Å²) in [6.45, 7) is 1.03. The van der Waals surface area contributed by atoms with Crippen molar-refractivity contribution < 1.29 is 9.47 Å². The van der Waals surface area contributed by atoms with Gasteiger partial charge < -0.3 is 14.8 Å². The number of hydrogen-bond donors (Lipinski definition) is 1. The molecule has 26 heavy (non-hydrogen) atoms. The van der Waals surface area contributed by atoms with Crippen LogP contribution in [0.1, 0.15) is 5.56 Å². The van der Waals surface area contributed by atoms with E-state index in [0.717, 1.165) is 40.4 Å². The zero-order valence-electron chi connectivity index (χ0n) is 13.9. The molecule has 1 aliphatic heterocycles. The molecule has 0 saturated heterocycles. The van der Waals surface area contributed by atoms with Crippen molar-refractivity contribution in [3.8, 4) is 22.6 Å². The molecule has 0 saturated carbocycles. The van der Waals surface area contributed by atoms with E-state index in [1.54, 1.807) is 11.3 Å². The summed E-state index contributed by atoms with van der Waals surface area (Å²) in [4.78, 5) is 4.59. The molecule has 5 heteroatoms. The van der Waals surface area contributed by atoms with Crippen LogP contribution in [0.2, 0.25) is 0 Å². The minimum atomic E-state index is 0.286. The maximum Gasteiger partial charge on any atom is 0.231 e. The molecule has 0 amide bonds. The first-order valence-electron chi connectivity index (χ1n) is 8.42. The topological polar surface area (TPSA) is 43.4 Å². The molecule has 0 unspecified atom stereocenters. The summed E-state index contributed by atoms with van der Waals surface area (Å²) in [5.41, 5.74) is 3.49. The smallest absolute Gasteiger partial charge is 0.231 e. The first-order valence-corrected chi connectivity index (χ1v) is 9.30. The van der Waals surface area contributed by atoms with Crippen molar-refractivity contribution in [2.24, 2.45) is 0 Å². The first kappa shape index (κ1) is 15.2. The van der Waals surface area contributed by atoms with Crippen LogP contribution in [0.15, 0.2) is 66.2 Å². The SMILES string of the molecule is c1ccc(CNc2nccc3scc(-c4ccc5c(c4)OCO5)c23)cc1. The maximum atomic E-state index is 5.53. The number of benzene rings is 2. The number of aromatic nitrogens is 1. The second kappa shape index (κ2) is 6.35. The highest BCUT2D eigenvalue weighted by molar-refractivity contribution is 7.17. The Morgan fingerprint density at radius 3 is 2.81 bits per heavy atom. The van der Waals surface area contributed by atoms with Gasteiger partial charge in [-0.1, -0.05) is 36.4 Å². The summed E-state index contributed by atoms with van der Waals surface area (Å²) in [6, 6.07) is 18.5. The number of anilines is 1. The van der Waals surface area contributed by atoms with Gasteiger partial charge in [0.2, 0.25) is 6.79 Å². The van der Waals surface area contributed by atoms with Gasteiger partial charge in [0.05, 0.1) is 0 Å². The number of nitrogens with zero attached hydrogens (tertiary/aromatic N) is 1. The Morgan fingerprint density at radius 2 is 1.88 bits per heavy atom. The average molecular weight is 360 g/mol. The van der Waals surface area contributed by atoms with Gasteiger partial charge in [-0.15, -0.1) is 11.3 Å². The Kier molecular flexibility index (Phi) is 3.72. The fourth-order valence-electron chi connectivity index (χ4n) is 3.18. The van der Waals surface area contributed by atoms with Crippen LogP contribution in [0, 0.1) is 0 Å². The molecule has 4 nitrogen and oxygen atoms in total. The summed E-state index contributed by atoms with van der Waals surface area (Å²) >= 11 is 1.73. The van der Waals surface area contributed by atoms with Crippen molar-refractivity contribution >= 4 is 27.2 Å². The van der Waals surface area contributed by atoms with Gasteiger partial charge in [-0.2, -0.15) is 0 Å². The summed E-state index contributed by atoms with van der Waals surface area (Å²) in [5.74, 6) is 2.50. The molecule has 2 aromatic carbocycles. The molecular weight excluding hydrogens is 344 g/mol. The van der Waals surface area contributed by atoms with Gasteiger partial charge in [0.25, 0.3) is 0 Å².